The van der Waals surface area contributed by atoms with Gasteiger partial charge < -0.3 is 19.5 Å². The predicted molar refractivity (Wildman–Crippen MR) is 134 cm³/mol. The fourth-order valence-corrected chi connectivity index (χ4v) is 5.22. The number of para-hydroxylation sites is 1. The lowest BCUT2D eigenvalue weighted by molar-refractivity contribution is -0.140. The van der Waals surface area contributed by atoms with Crippen molar-refractivity contribution in [1.29, 1.82) is 0 Å². The maximum atomic E-state index is 11.9. The minimum atomic E-state index is -0.251. The fraction of sp³-hybridized carbons (Fsp3) is 0.346. The summed E-state index contributed by atoms with van der Waals surface area (Å²) in [5, 5.41) is 4.08. The number of esters is 1. The summed E-state index contributed by atoms with van der Waals surface area (Å²) in [7, 11) is 1.41. The third-order valence-corrected chi connectivity index (χ3v) is 6.79. The molecule has 0 bridgehead atoms. The third-order valence-electron chi connectivity index (χ3n) is 6.43. The normalized spacial score (nSPS) is 17.8. The van der Waals surface area contributed by atoms with Crippen molar-refractivity contribution in [3.8, 4) is 5.69 Å². The third kappa shape index (κ3) is 4.25. The van der Waals surface area contributed by atoms with E-state index >= 15 is 0 Å². The highest BCUT2D eigenvalue weighted by molar-refractivity contribution is 7.80. The molecule has 3 heterocycles. The number of ether oxygens (including phenoxy) is 1. The van der Waals surface area contributed by atoms with Crippen molar-refractivity contribution in [2.45, 2.75) is 46.2 Å². The van der Waals surface area contributed by atoms with Crippen molar-refractivity contribution in [3.63, 3.8) is 0 Å². The zero-order valence-corrected chi connectivity index (χ0v) is 20.6. The summed E-state index contributed by atoms with van der Waals surface area (Å²) in [5.74, 6) is -0.251. The molecule has 0 aliphatic carbocycles. The van der Waals surface area contributed by atoms with Gasteiger partial charge in [-0.15, -0.1) is 0 Å². The molecule has 3 aromatic rings. The number of aromatic nitrogens is 2. The molecule has 4 rings (SSSR count). The number of rotatable bonds is 6. The number of nitrogens with zero attached hydrogens (tertiary/aromatic N) is 3. The number of aryl methyl sites for hydroxylation is 3. The molecule has 1 aliphatic rings. The Morgan fingerprint density at radius 3 is 2.48 bits per heavy atom. The van der Waals surface area contributed by atoms with Gasteiger partial charge in [0.1, 0.15) is 0 Å². The van der Waals surface area contributed by atoms with Gasteiger partial charge in [0.2, 0.25) is 0 Å². The summed E-state index contributed by atoms with van der Waals surface area (Å²) < 4.78 is 7.21. The van der Waals surface area contributed by atoms with Gasteiger partial charge in [-0.1, -0.05) is 24.3 Å². The standard InChI is InChI=1S/C26H30N4O2S/c1-16-9-8-10-17(2)24(16)30-18(3)15-20(19(30)4)25-23(21-11-6-7-13-27-21)28-26(33)29(25)14-12-22(31)32-5/h6-11,13,15,23,25H,12,14H2,1-5H3,(H,28,33). The van der Waals surface area contributed by atoms with Crippen molar-refractivity contribution < 1.29 is 9.53 Å². The lowest BCUT2D eigenvalue weighted by Gasteiger charge is -2.28. The number of benzene rings is 1. The van der Waals surface area contributed by atoms with E-state index in [0.717, 1.165) is 17.1 Å². The number of nitrogens with one attached hydrogen (secondary N) is 1. The van der Waals surface area contributed by atoms with Crippen LogP contribution in [0.15, 0.2) is 48.7 Å². The minimum absolute atomic E-state index is 0.0960. The number of methoxy groups -OCH3 is 1. The van der Waals surface area contributed by atoms with Gasteiger partial charge in [-0.2, -0.15) is 0 Å². The van der Waals surface area contributed by atoms with E-state index in [2.05, 4.69) is 71.7 Å². The summed E-state index contributed by atoms with van der Waals surface area (Å²) in [6, 6.07) is 14.3. The van der Waals surface area contributed by atoms with Crippen molar-refractivity contribution in [2.24, 2.45) is 0 Å². The smallest absolute Gasteiger partial charge is 0.307 e. The molecular weight excluding hydrogens is 432 g/mol. The lowest BCUT2D eigenvalue weighted by atomic mass is 9.96. The average molecular weight is 463 g/mol. The second kappa shape index (κ2) is 9.35. The number of hydrogen-bond donors (Lipinski definition) is 1. The monoisotopic (exact) mass is 462 g/mol. The van der Waals surface area contributed by atoms with Crippen LogP contribution in [0.1, 0.15) is 52.3 Å². The van der Waals surface area contributed by atoms with E-state index in [1.54, 1.807) is 6.20 Å². The topological polar surface area (TPSA) is 59.4 Å². The SMILES string of the molecule is COC(=O)CCN1C(=S)NC(c2ccccn2)C1c1cc(C)n(-c2c(C)cccc2C)c1C. The second-order valence-corrected chi connectivity index (χ2v) is 8.94. The van der Waals surface area contributed by atoms with Crippen molar-refractivity contribution in [2.75, 3.05) is 13.7 Å². The van der Waals surface area contributed by atoms with E-state index in [4.69, 9.17) is 17.0 Å². The van der Waals surface area contributed by atoms with Crippen LogP contribution in [-0.2, 0) is 9.53 Å². The first-order valence-corrected chi connectivity index (χ1v) is 11.5. The molecule has 2 aromatic heterocycles. The predicted octanol–water partition coefficient (Wildman–Crippen LogP) is 4.64. The number of carbonyl (C=O) groups excluding carboxylic acids is 1. The van der Waals surface area contributed by atoms with Gasteiger partial charge in [0, 0.05) is 24.1 Å². The van der Waals surface area contributed by atoms with E-state index in [1.165, 1.54) is 29.5 Å². The van der Waals surface area contributed by atoms with Crippen LogP contribution in [0.25, 0.3) is 5.69 Å². The van der Waals surface area contributed by atoms with Crippen LogP contribution in [0, 0.1) is 27.7 Å². The van der Waals surface area contributed by atoms with Crippen LogP contribution in [0.2, 0.25) is 0 Å². The second-order valence-electron chi connectivity index (χ2n) is 8.55. The Morgan fingerprint density at radius 2 is 1.85 bits per heavy atom. The maximum absolute atomic E-state index is 11.9. The highest BCUT2D eigenvalue weighted by Gasteiger charge is 2.41. The first-order chi connectivity index (χ1) is 15.8. The van der Waals surface area contributed by atoms with Crippen molar-refractivity contribution >= 4 is 23.3 Å². The molecule has 0 saturated carbocycles. The number of hydrogen-bond acceptors (Lipinski definition) is 4. The zero-order chi connectivity index (χ0) is 23.7. The van der Waals surface area contributed by atoms with Gasteiger partial charge in [0.25, 0.3) is 0 Å². The van der Waals surface area contributed by atoms with E-state index < -0.39 is 0 Å². The van der Waals surface area contributed by atoms with Crippen molar-refractivity contribution in [1.82, 2.24) is 19.8 Å². The van der Waals surface area contributed by atoms with E-state index in [-0.39, 0.29) is 24.5 Å². The highest BCUT2D eigenvalue weighted by Crippen LogP contribution is 2.41. The summed E-state index contributed by atoms with van der Waals surface area (Å²) in [6.07, 6.45) is 2.06. The molecule has 1 aromatic carbocycles. The molecule has 0 spiro atoms. The molecular formula is C26H30N4O2S. The molecule has 1 fully saturated rings. The summed E-state index contributed by atoms with van der Waals surface area (Å²) in [6.45, 7) is 9.06. The molecule has 2 atom stereocenters. The Morgan fingerprint density at radius 1 is 1.12 bits per heavy atom. The van der Waals surface area contributed by atoms with E-state index in [0.29, 0.717) is 11.7 Å². The Bertz CT molecular complexity index is 1170. The first kappa shape index (κ1) is 23.0. The molecule has 0 radical (unpaired) electrons. The quantitative estimate of drug-likeness (QED) is 0.425. The largest absolute Gasteiger partial charge is 0.469 e. The average Bonchev–Trinajstić information content (AvgIpc) is 3.28. The van der Waals surface area contributed by atoms with Gasteiger partial charge in [0.15, 0.2) is 5.11 Å². The van der Waals surface area contributed by atoms with Gasteiger partial charge in [-0.3, -0.25) is 9.78 Å². The van der Waals surface area contributed by atoms with Crippen LogP contribution >= 0.6 is 12.2 Å². The molecule has 6 nitrogen and oxygen atoms in total. The molecule has 2 unspecified atom stereocenters. The van der Waals surface area contributed by atoms with Crippen LogP contribution in [0.5, 0.6) is 0 Å². The van der Waals surface area contributed by atoms with E-state index in [1.807, 2.05) is 18.2 Å². The Labute approximate surface area is 200 Å². The van der Waals surface area contributed by atoms with Gasteiger partial charge >= 0.3 is 5.97 Å². The lowest BCUT2D eigenvalue weighted by Crippen LogP contribution is -2.32. The maximum Gasteiger partial charge on any atom is 0.307 e. The Kier molecular flexibility index (Phi) is 6.51. The highest BCUT2D eigenvalue weighted by atomic mass is 32.1. The zero-order valence-electron chi connectivity index (χ0n) is 19.8. The van der Waals surface area contributed by atoms with E-state index in [9.17, 15) is 4.79 Å². The summed E-state index contributed by atoms with van der Waals surface area (Å²) >= 11 is 5.73. The number of pyridine rings is 1. The molecule has 7 heteroatoms. The minimum Gasteiger partial charge on any atom is -0.469 e. The summed E-state index contributed by atoms with van der Waals surface area (Å²) in [5.41, 5.74) is 8.07. The molecule has 172 valence electrons. The van der Waals surface area contributed by atoms with Gasteiger partial charge in [-0.25, -0.2) is 0 Å². The Hall–Kier alpha value is -3.19. The number of thiocarbonyl (C=S) groups is 1. The molecule has 1 N–H and O–H groups in total. The van der Waals surface area contributed by atoms with Gasteiger partial charge in [-0.05, 0) is 74.8 Å². The first-order valence-electron chi connectivity index (χ1n) is 11.1. The van der Waals surface area contributed by atoms with Crippen LogP contribution in [-0.4, -0.2) is 39.2 Å². The number of carbonyl (C=O) groups is 1. The van der Waals surface area contributed by atoms with Crippen molar-refractivity contribution in [3.05, 3.63) is 82.4 Å². The fourth-order valence-electron chi connectivity index (χ4n) is 4.89. The van der Waals surface area contributed by atoms with Crippen LogP contribution < -0.4 is 5.32 Å². The molecule has 1 aliphatic heterocycles. The van der Waals surface area contributed by atoms with Gasteiger partial charge in [0.05, 0.1) is 37.0 Å². The molecule has 33 heavy (non-hydrogen) atoms. The summed E-state index contributed by atoms with van der Waals surface area (Å²) in [4.78, 5) is 18.6. The Balaban J connectivity index is 1.83. The molecule has 1 saturated heterocycles. The van der Waals surface area contributed by atoms with Crippen LogP contribution in [0.4, 0.5) is 0 Å². The van der Waals surface area contributed by atoms with Crippen LogP contribution in [0.3, 0.4) is 0 Å². The molecule has 0 amide bonds.